The average Bonchev–Trinajstić information content (AvgIpc) is 2.87. The molecule has 0 amide bonds. The Labute approximate surface area is 118 Å². The van der Waals surface area contributed by atoms with E-state index < -0.39 is 0 Å². The van der Waals surface area contributed by atoms with Gasteiger partial charge < -0.3 is 9.72 Å². The lowest BCUT2D eigenvalue weighted by Gasteiger charge is -2.22. The van der Waals surface area contributed by atoms with E-state index in [0.717, 1.165) is 50.8 Å². The standard InChI is InChI=1S/C14H19N5O/c1-2-16-13(8-15-1)7-12-9-19(5-6-20-11-12)10-14-17-3-4-18-14/h1-4,8,12H,5-7,9-11H2,(H,17,18)/t12-/m0/s1. The molecular weight excluding hydrogens is 254 g/mol. The third kappa shape index (κ3) is 3.61. The normalized spacial score (nSPS) is 20.7. The molecule has 2 aromatic rings. The molecule has 1 N–H and O–H groups in total. The SMILES string of the molecule is c1cnc(C[C@@H]2COCCN(Cc3ncc[nH]3)C2)cn1. The van der Waals surface area contributed by atoms with Gasteiger partial charge in [0.15, 0.2) is 0 Å². The van der Waals surface area contributed by atoms with E-state index in [-0.39, 0.29) is 0 Å². The van der Waals surface area contributed by atoms with Crippen LogP contribution >= 0.6 is 0 Å². The zero-order valence-electron chi connectivity index (χ0n) is 11.4. The molecule has 3 heterocycles. The first-order valence-corrected chi connectivity index (χ1v) is 6.93. The fourth-order valence-corrected chi connectivity index (χ4v) is 2.55. The first-order chi connectivity index (χ1) is 9.90. The number of ether oxygens (including phenoxy) is 1. The monoisotopic (exact) mass is 273 g/mol. The Hall–Kier alpha value is -1.79. The summed E-state index contributed by atoms with van der Waals surface area (Å²) in [4.78, 5) is 18.3. The van der Waals surface area contributed by atoms with Crippen molar-refractivity contribution in [2.75, 3.05) is 26.3 Å². The molecule has 1 saturated heterocycles. The quantitative estimate of drug-likeness (QED) is 0.896. The lowest BCUT2D eigenvalue weighted by Crippen LogP contribution is -2.31. The minimum atomic E-state index is 0.448. The van der Waals surface area contributed by atoms with Crippen molar-refractivity contribution in [1.29, 1.82) is 0 Å². The lowest BCUT2D eigenvalue weighted by atomic mass is 10.0. The van der Waals surface area contributed by atoms with Crippen LogP contribution in [0, 0.1) is 5.92 Å². The summed E-state index contributed by atoms with van der Waals surface area (Å²) < 4.78 is 5.71. The Morgan fingerprint density at radius 1 is 1.30 bits per heavy atom. The fourth-order valence-electron chi connectivity index (χ4n) is 2.55. The van der Waals surface area contributed by atoms with E-state index in [1.54, 1.807) is 18.6 Å². The highest BCUT2D eigenvalue weighted by Crippen LogP contribution is 2.13. The summed E-state index contributed by atoms with van der Waals surface area (Å²) in [5.41, 5.74) is 1.03. The maximum Gasteiger partial charge on any atom is 0.120 e. The van der Waals surface area contributed by atoms with Gasteiger partial charge in [-0.3, -0.25) is 14.9 Å². The van der Waals surface area contributed by atoms with Crippen LogP contribution in [0.15, 0.2) is 31.0 Å². The smallest absolute Gasteiger partial charge is 0.120 e. The van der Waals surface area contributed by atoms with Crippen LogP contribution in [0.25, 0.3) is 0 Å². The van der Waals surface area contributed by atoms with Gasteiger partial charge in [-0.25, -0.2) is 4.98 Å². The van der Waals surface area contributed by atoms with E-state index in [1.807, 2.05) is 12.4 Å². The van der Waals surface area contributed by atoms with Crippen LogP contribution in [-0.2, 0) is 17.7 Å². The van der Waals surface area contributed by atoms with Crippen LogP contribution in [-0.4, -0.2) is 51.1 Å². The summed E-state index contributed by atoms with van der Waals surface area (Å²) in [5, 5.41) is 0. The largest absolute Gasteiger partial charge is 0.380 e. The summed E-state index contributed by atoms with van der Waals surface area (Å²) in [6.07, 6.45) is 9.84. The van der Waals surface area contributed by atoms with Crippen molar-refractivity contribution in [1.82, 2.24) is 24.8 Å². The zero-order valence-corrected chi connectivity index (χ0v) is 11.4. The van der Waals surface area contributed by atoms with Gasteiger partial charge in [0.2, 0.25) is 0 Å². The molecule has 3 rings (SSSR count). The van der Waals surface area contributed by atoms with Crippen molar-refractivity contribution < 1.29 is 4.74 Å². The van der Waals surface area contributed by atoms with Gasteiger partial charge in [0.05, 0.1) is 25.5 Å². The van der Waals surface area contributed by atoms with Gasteiger partial charge in [0.1, 0.15) is 5.82 Å². The summed E-state index contributed by atoms with van der Waals surface area (Å²) in [7, 11) is 0. The third-order valence-corrected chi connectivity index (χ3v) is 3.46. The Kier molecular flexibility index (Phi) is 4.35. The summed E-state index contributed by atoms with van der Waals surface area (Å²) in [6.45, 7) is 4.34. The second-order valence-corrected chi connectivity index (χ2v) is 5.11. The fraction of sp³-hybridized carbons (Fsp3) is 0.500. The summed E-state index contributed by atoms with van der Waals surface area (Å²) in [5.74, 6) is 1.45. The average molecular weight is 273 g/mol. The maximum absolute atomic E-state index is 5.71. The molecule has 1 atom stereocenters. The first kappa shape index (κ1) is 13.2. The van der Waals surface area contributed by atoms with Gasteiger partial charge in [-0.15, -0.1) is 0 Å². The van der Waals surface area contributed by atoms with Crippen LogP contribution in [0.2, 0.25) is 0 Å². The number of hydrogen-bond acceptors (Lipinski definition) is 5. The van der Waals surface area contributed by atoms with Crippen LogP contribution in [0.4, 0.5) is 0 Å². The molecule has 0 radical (unpaired) electrons. The Morgan fingerprint density at radius 3 is 3.10 bits per heavy atom. The zero-order chi connectivity index (χ0) is 13.6. The molecule has 0 unspecified atom stereocenters. The predicted molar refractivity (Wildman–Crippen MR) is 73.9 cm³/mol. The molecule has 1 aliphatic heterocycles. The topological polar surface area (TPSA) is 66.9 Å². The minimum Gasteiger partial charge on any atom is -0.380 e. The van der Waals surface area contributed by atoms with Gasteiger partial charge >= 0.3 is 0 Å². The van der Waals surface area contributed by atoms with Crippen LogP contribution in [0.3, 0.4) is 0 Å². The van der Waals surface area contributed by atoms with E-state index >= 15 is 0 Å². The minimum absolute atomic E-state index is 0.448. The molecule has 20 heavy (non-hydrogen) atoms. The highest BCUT2D eigenvalue weighted by Gasteiger charge is 2.20. The third-order valence-electron chi connectivity index (χ3n) is 3.46. The number of aromatic nitrogens is 4. The van der Waals surface area contributed by atoms with Gasteiger partial charge in [0, 0.05) is 50.0 Å². The highest BCUT2D eigenvalue weighted by molar-refractivity contribution is 4.97. The molecule has 1 fully saturated rings. The van der Waals surface area contributed by atoms with Crippen molar-refractivity contribution in [3.8, 4) is 0 Å². The van der Waals surface area contributed by atoms with Crippen molar-refractivity contribution in [2.45, 2.75) is 13.0 Å². The Morgan fingerprint density at radius 2 is 2.30 bits per heavy atom. The molecule has 2 aromatic heterocycles. The number of rotatable bonds is 4. The second kappa shape index (κ2) is 6.58. The molecule has 0 bridgehead atoms. The number of imidazole rings is 1. The summed E-state index contributed by atoms with van der Waals surface area (Å²) >= 11 is 0. The lowest BCUT2D eigenvalue weighted by molar-refractivity contribution is 0.121. The van der Waals surface area contributed by atoms with E-state index in [2.05, 4.69) is 24.8 Å². The maximum atomic E-state index is 5.71. The van der Waals surface area contributed by atoms with E-state index in [1.165, 1.54) is 0 Å². The number of hydrogen-bond donors (Lipinski definition) is 1. The first-order valence-electron chi connectivity index (χ1n) is 6.93. The van der Waals surface area contributed by atoms with E-state index in [9.17, 15) is 0 Å². The molecule has 6 nitrogen and oxygen atoms in total. The molecular formula is C14H19N5O. The summed E-state index contributed by atoms with van der Waals surface area (Å²) in [6, 6.07) is 0. The van der Waals surface area contributed by atoms with Gasteiger partial charge in [-0.05, 0) is 6.42 Å². The van der Waals surface area contributed by atoms with E-state index in [4.69, 9.17) is 4.74 Å². The van der Waals surface area contributed by atoms with Crippen LogP contribution in [0.5, 0.6) is 0 Å². The molecule has 106 valence electrons. The Balaban J connectivity index is 1.60. The number of aromatic amines is 1. The molecule has 1 aliphatic rings. The van der Waals surface area contributed by atoms with E-state index in [0.29, 0.717) is 5.92 Å². The number of nitrogens with one attached hydrogen (secondary N) is 1. The predicted octanol–water partition coefficient (Wildman–Crippen LogP) is 0.891. The van der Waals surface area contributed by atoms with Crippen LogP contribution in [0.1, 0.15) is 11.5 Å². The molecule has 0 aromatic carbocycles. The van der Waals surface area contributed by atoms with Gasteiger partial charge in [-0.2, -0.15) is 0 Å². The highest BCUT2D eigenvalue weighted by atomic mass is 16.5. The van der Waals surface area contributed by atoms with Crippen molar-refractivity contribution in [3.05, 3.63) is 42.5 Å². The number of nitrogens with zero attached hydrogens (tertiary/aromatic N) is 4. The van der Waals surface area contributed by atoms with Crippen molar-refractivity contribution >= 4 is 0 Å². The Bertz CT molecular complexity index is 502. The van der Waals surface area contributed by atoms with Crippen molar-refractivity contribution in [3.63, 3.8) is 0 Å². The second-order valence-electron chi connectivity index (χ2n) is 5.11. The van der Waals surface area contributed by atoms with Crippen LogP contribution < -0.4 is 0 Å². The van der Waals surface area contributed by atoms with Gasteiger partial charge in [-0.1, -0.05) is 0 Å². The molecule has 0 aliphatic carbocycles. The number of H-pyrrole nitrogens is 1. The molecule has 0 spiro atoms. The molecule has 6 heteroatoms. The molecule has 0 saturated carbocycles. The van der Waals surface area contributed by atoms with Gasteiger partial charge in [0.25, 0.3) is 0 Å². The van der Waals surface area contributed by atoms with Crippen molar-refractivity contribution in [2.24, 2.45) is 5.92 Å².